The Bertz CT molecular complexity index is 842. The molecule has 0 radical (unpaired) electrons. The van der Waals surface area contributed by atoms with E-state index in [0.29, 0.717) is 31.4 Å². The summed E-state index contributed by atoms with van der Waals surface area (Å²) in [5, 5.41) is 2.88. The topological polar surface area (TPSA) is 61.7 Å². The number of H-pyrrole nitrogens is 1. The summed E-state index contributed by atoms with van der Waals surface area (Å²) in [7, 11) is 0. The molecule has 2 heterocycles. The Morgan fingerprint density at radius 3 is 2.88 bits per heavy atom. The number of fused-ring (bicyclic) bond motifs is 1. The second-order valence-electron chi connectivity index (χ2n) is 5.81. The molecule has 0 aliphatic rings. The fraction of sp³-hybridized carbons (Fsp3) is 0.278. The van der Waals surface area contributed by atoms with Crippen molar-refractivity contribution in [1.29, 1.82) is 0 Å². The van der Waals surface area contributed by atoms with Gasteiger partial charge in [0.1, 0.15) is 11.6 Å². The number of carbonyl (C=O) groups excluding carboxylic acids is 1. The minimum absolute atomic E-state index is 0.00484. The third-order valence-corrected chi connectivity index (χ3v) is 3.83. The molecule has 0 aliphatic carbocycles. The first-order chi connectivity index (χ1) is 11.6. The summed E-state index contributed by atoms with van der Waals surface area (Å²) < 4.78 is 15.1. The Kier molecular flexibility index (Phi) is 4.84. The summed E-state index contributed by atoms with van der Waals surface area (Å²) in [6, 6.07) is 8.48. The van der Waals surface area contributed by atoms with Crippen LogP contribution in [-0.4, -0.2) is 22.4 Å². The Balaban J connectivity index is 1.44. The largest absolute Gasteiger partial charge is 0.355 e. The molecule has 3 rings (SSSR count). The van der Waals surface area contributed by atoms with E-state index in [1.807, 2.05) is 36.0 Å². The van der Waals surface area contributed by atoms with Gasteiger partial charge in [0.25, 0.3) is 0 Å². The highest BCUT2D eigenvalue weighted by Gasteiger charge is 2.07. The minimum atomic E-state index is -0.292. The number of hydrogen-bond donors (Lipinski definition) is 2. The average Bonchev–Trinajstić information content (AvgIpc) is 2.96. The smallest absolute Gasteiger partial charge is 0.226 e. The number of amides is 1. The van der Waals surface area contributed by atoms with Gasteiger partial charge in [0.2, 0.25) is 5.91 Å². The van der Waals surface area contributed by atoms with E-state index >= 15 is 0 Å². The number of carbonyl (C=O) groups is 1. The van der Waals surface area contributed by atoms with Gasteiger partial charge >= 0.3 is 0 Å². The van der Waals surface area contributed by atoms with Crippen molar-refractivity contribution in [3.8, 4) is 0 Å². The highest BCUT2D eigenvalue weighted by atomic mass is 19.1. The van der Waals surface area contributed by atoms with Crippen LogP contribution in [0.15, 0.2) is 42.7 Å². The number of pyridine rings is 1. The van der Waals surface area contributed by atoms with Crippen molar-refractivity contribution >= 4 is 16.9 Å². The first-order valence-electron chi connectivity index (χ1n) is 7.97. The Morgan fingerprint density at radius 1 is 1.29 bits per heavy atom. The molecule has 5 nitrogen and oxygen atoms in total. The summed E-state index contributed by atoms with van der Waals surface area (Å²) in [4.78, 5) is 19.3. The molecule has 0 bridgehead atoms. The number of rotatable bonds is 6. The van der Waals surface area contributed by atoms with Crippen LogP contribution in [0.2, 0.25) is 0 Å². The van der Waals surface area contributed by atoms with Crippen molar-refractivity contribution in [2.45, 2.75) is 26.3 Å². The molecule has 3 aromatic rings. The molecule has 1 amide bonds. The summed E-state index contributed by atoms with van der Waals surface area (Å²) in [5.41, 5.74) is 2.60. The SMILES string of the molecule is Cc1cc[n+](CCC(=O)NCCc2nc3ccc(F)cc3[nH]2)cc1. The van der Waals surface area contributed by atoms with E-state index in [1.165, 1.54) is 17.7 Å². The molecular weight excluding hydrogens is 307 g/mol. The summed E-state index contributed by atoms with van der Waals surface area (Å²) in [6.07, 6.45) is 4.95. The van der Waals surface area contributed by atoms with Gasteiger partial charge in [-0.25, -0.2) is 13.9 Å². The Morgan fingerprint density at radius 2 is 2.08 bits per heavy atom. The van der Waals surface area contributed by atoms with E-state index in [0.717, 1.165) is 11.3 Å². The zero-order valence-corrected chi connectivity index (χ0v) is 13.6. The van der Waals surface area contributed by atoms with Crippen LogP contribution in [0.4, 0.5) is 4.39 Å². The van der Waals surface area contributed by atoms with Crippen LogP contribution in [-0.2, 0) is 17.8 Å². The second kappa shape index (κ2) is 7.21. The van der Waals surface area contributed by atoms with Crippen molar-refractivity contribution < 1.29 is 13.8 Å². The molecule has 24 heavy (non-hydrogen) atoms. The van der Waals surface area contributed by atoms with Crippen molar-refractivity contribution in [3.63, 3.8) is 0 Å². The van der Waals surface area contributed by atoms with Crippen LogP contribution >= 0.6 is 0 Å². The normalized spacial score (nSPS) is 10.9. The average molecular weight is 327 g/mol. The molecule has 6 heteroatoms. The van der Waals surface area contributed by atoms with Crippen LogP contribution in [0, 0.1) is 12.7 Å². The first kappa shape index (κ1) is 16.1. The molecule has 1 aromatic carbocycles. The highest BCUT2D eigenvalue weighted by molar-refractivity contribution is 5.76. The molecule has 0 spiro atoms. The van der Waals surface area contributed by atoms with Gasteiger partial charge in [0.05, 0.1) is 17.5 Å². The van der Waals surface area contributed by atoms with Gasteiger partial charge in [0, 0.05) is 25.1 Å². The van der Waals surface area contributed by atoms with Crippen LogP contribution in [0.25, 0.3) is 11.0 Å². The van der Waals surface area contributed by atoms with Gasteiger partial charge in [0.15, 0.2) is 18.9 Å². The number of aromatic nitrogens is 3. The summed E-state index contributed by atoms with van der Waals surface area (Å²) >= 11 is 0. The van der Waals surface area contributed by atoms with Crippen molar-refractivity contribution in [3.05, 3.63) is 59.9 Å². The number of hydrogen-bond acceptors (Lipinski definition) is 2. The van der Waals surface area contributed by atoms with Gasteiger partial charge in [-0.3, -0.25) is 4.79 Å². The number of nitrogens with one attached hydrogen (secondary N) is 2. The fourth-order valence-corrected chi connectivity index (χ4v) is 2.47. The van der Waals surface area contributed by atoms with E-state index in [4.69, 9.17) is 0 Å². The maximum Gasteiger partial charge on any atom is 0.226 e. The molecule has 2 N–H and O–H groups in total. The monoisotopic (exact) mass is 327 g/mol. The third kappa shape index (κ3) is 4.16. The van der Waals surface area contributed by atoms with Gasteiger partial charge in [-0.15, -0.1) is 0 Å². The van der Waals surface area contributed by atoms with Crippen LogP contribution in [0.5, 0.6) is 0 Å². The Hall–Kier alpha value is -2.76. The standard InChI is InChI=1S/C18H19FN4O/c1-13-5-9-23(10-6-13)11-7-18(24)20-8-4-17-21-15-3-2-14(19)12-16(15)22-17/h2-3,5-6,9-10,12H,4,7-8,11H2,1H3,(H-,20,21,22,24)/p+1. The molecule has 0 atom stereocenters. The van der Waals surface area contributed by atoms with E-state index in [2.05, 4.69) is 15.3 Å². The fourth-order valence-electron chi connectivity index (χ4n) is 2.47. The van der Waals surface area contributed by atoms with Gasteiger partial charge < -0.3 is 10.3 Å². The first-order valence-corrected chi connectivity index (χ1v) is 7.97. The number of halogens is 1. The molecule has 2 aromatic heterocycles. The van der Waals surface area contributed by atoms with E-state index < -0.39 is 0 Å². The van der Waals surface area contributed by atoms with Crippen LogP contribution < -0.4 is 9.88 Å². The van der Waals surface area contributed by atoms with Gasteiger partial charge in [-0.2, -0.15) is 0 Å². The third-order valence-electron chi connectivity index (χ3n) is 3.83. The van der Waals surface area contributed by atoms with Gasteiger partial charge in [-0.1, -0.05) is 0 Å². The maximum atomic E-state index is 13.1. The lowest BCUT2D eigenvalue weighted by Gasteiger charge is -2.02. The predicted octanol–water partition coefficient (Wildman–Crippen LogP) is 2.05. The summed E-state index contributed by atoms with van der Waals surface area (Å²) in [6.45, 7) is 3.18. The van der Waals surface area contributed by atoms with Crippen molar-refractivity contribution in [2.75, 3.05) is 6.54 Å². The van der Waals surface area contributed by atoms with Crippen LogP contribution in [0.1, 0.15) is 17.8 Å². The van der Waals surface area contributed by atoms with E-state index in [1.54, 1.807) is 6.07 Å². The quantitative estimate of drug-likeness (QED) is 0.681. The predicted molar refractivity (Wildman–Crippen MR) is 88.8 cm³/mol. The number of imidazole rings is 1. The van der Waals surface area contributed by atoms with E-state index in [-0.39, 0.29) is 11.7 Å². The Labute approximate surface area is 139 Å². The van der Waals surface area contributed by atoms with E-state index in [9.17, 15) is 9.18 Å². The van der Waals surface area contributed by atoms with Gasteiger partial charge in [-0.05, 0) is 30.7 Å². The number of nitrogens with zero attached hydrogens (tertiary/aromatic N) is 2. The van der Waals surface area contributed by atoms with Crippen molar-refractivity contribution in [2.24, 2.45) is 0 Å². The maximum absolute atomic E-state index is 13.1. The lowest BCUT2D eigenvalue weighted by atomic mass is 10.3. The minimum Gasteiger partial charge on any atom is -0.355 e. The summed E-state index contributed by atoms with van der Waals surface area (Å²) in [5.74, 6) is 0.452. The van der Waals surface area contributed by atoms with Crippen molar-refractivity contribution in [1.82, 2.24) is 15.3 Å². The lowest BCUT2D eigenvalue weighted by Crippen LogP contribution is -2.36. The number of aromatic amines is 1. The molecule has 124 valence electrons. The second-order valence-corrected chi connectivity index (χ2v) is 5.81. The molecule has 0 saturated carbocycles. The number of benzene rings is 1. The highest BCUT2D eigenvalue weighted by Crippen LogP contribution is 2.12. The molecular formula is C18H20FN4O+. The lowest BCUT2D eigenvalue weighted by molar-refractivity contribution is -0.695. The number of aryl methyl sites for hydroxylation is 2. The molecule has 0 saturated heterocycles. The zero-order valence-electron chi connectivity index (χ0n) is 13.6. The van der Waals surface area contributed by atoms with Crippen LogP contribution in [0.3, 0.4) is 0 Å². The molecule has 0 aliphatic heterocycles. The zero-order chi connectivity index (χ0) is 16.9. The molecule has 0 unspecified atom stereocenters. The molecule has 0 fully saturated rings.